The van der Waals surface area contributed by atoms with Gasteiger partial charge in [-0.25, -0.2) is 0 Å². The Morgan fingerprint density at radius 3 is 2.63 bits per heavy atom. The van der Waals surface area contributed by atoms with Crippen molar-refractivity contribution < 1.29 is 28.8 Å². The molecule has 1 amide bonds. The van der Waals surface area contributed by atoms with Crippen LogP contribution in [0, 0.1) is 0 Å². The van der Waals surface area contributed by atoms with Crippen LogP contribution in [0.25, 0.3) is 0 Å². The molecule has 0 saturated carbocycles. The van der Waals surface area contributed by atoms with Crippen LogP contribution in [0.2, 0.25) is 0 Å². The normalized spacial score (nSPS) is 34.7. The lowest BCUT2D eigenvalue weighted by molar-refractivity contribution is -0.153. The molecule has 1 N–H and O–H groups in total. The quantitative estimate of drug-likeness (QED) is 0.648. The van der Waals surface area contributed by atoms with E-state index in [1.165, 1.54) is 0 Å². The molecule has 0 aromatic rings. The SMILES string of the molecule is COCO[C@@H]1[C@@H](OCOC)CN2C(=O)C[C@@H](O)C[C@@H]12. The molecule has 2 heterocycles. The second-order valence-corrected chi connectivity index (χ2v) is 4.86. The Labute approximate surface area is 112 Å². The molecule has 0 unspecified atom stereocenters. The van der Waals surface area contributed by atoms with Gasteiger partial charge in [-0.2, -0.15) is 0 Å². The fourth-order valence-corrected chi connectivity index (χ4v) is 2.76. The summed E-state index contributed by atoms with van der Waals surface area (Å²) in [5.74, 6) is -0.0571. The summed E-state index contributed by atoms with van der Waals surface area (Å²) in [6.07, 6.45) is -0.482. The van der Waals surface area contributed by atoms with E-state index in [0.29, 0.717) is 13.0 Å². The van der Waals surface area contributed by atoms with Gasteiger partial charge in [-0.1, -0.05) is 0 Å². The van der Waals surface area contributed by atoms with Crippen molar-refractivity contribution in [3.8, 4) is 0 Å². The average molecular weight is 275 g/mol. The highest BCUT2D eigenvalue weighted by Crippen LogP contribution is 2.32. The Hall–Kier alpha value is -0.730. The third-order valence-electron chi connectivity index (χ3n) is 3.55. The van der Waals surface area contributed by atoms with Crippen LogP contribution in [-0.2, 0) is 23.7 Å². The summed E-state index contributed by atoms with van der Waals surface area (Å²) in [5, 5.41) is 9.73. The fourth-order valence-electron chi connectivity index (χ4n) is 2.76. The van der Waals surface area contributed by atoms with Crippen molar-refractivity contribution in [2.75, 3.05) is 34.4 Å². The van der Waals surface area contributed by atoms with Crippen molar-refractivity contribution in [3.63, 3.8) is 0 Å². The summed E-state index contributed by atoms with van der Waals surface area (Å²) in [5.41, 5.74) is 0. The number of aliphatic hydroxyl groups excluding tert-OH is 1. The molecule has 0 bridgehead atoms. The van der Waals surface area contributed by atoms with Gasteiger partial charge in [0.15, 0.2) is 0 Å². The van der Waals surface area contributed by atoms with E-state index in [-0.39, 0.29) is 44.2 Å². The molecule has 7 heteroatoms. The van der Waals surface area contributed by atoms with E-state index in [1.807, 2.05) is 0 Å². The summed E-state index contributed by atoms with van der Waals surface area (Å²) in [6.45, 7) is 0.745. The number of carbonyl (C=O) groups excluding carboxylic acids is 1. The lowest BCUT2D eigenvalue weighted by atomic mass is 9.97. The van der Waals surface area contributed by atoms with E-state index in [0.717, 1.165) is 0 Å². The molecule has 2 aliphatic rings. The first-order valence-corrected chi connectivity index (χ1v) is 6.36. The number of amides is 1. The van der Waals surface area contributed by atoms with E-state index in [1.54, 1.807) is 19.1 Å². The first kappa shape index (κ1) is 14.7. The molecule has 0 radical (unpaired) electrons. The molecular formula is C12H21NO6. The zero-order chi connectivity index (χ0) is 13.8. The zero-order valence-electron chi connectivity index (χ0n) is 11.3. The Kier molecular flexibility index (Phi) is 5.12. The van der Waals surface area contributed by atoms with Crippen molar-refractivity contribution in [1.82, 2.24) is 4.90 Å². The van der Waals surface area contributed by atoms with Gasteiger partial charge < -0.3 is 29.0 Å². The van der Waals surface area contributed by atoms with Crippen LogP contribution in [0.3, 0.4) is 0 Å². The van der Waals surface area contributed by atoms with E-state index < -0.39 is 6.10 Å². The molecular weight excluding hydrogens is 254 g/mol. The number of methoxy groups -OCH3 is 2. The van der Waals surface area contributed by atoms with Crippen LogP contribution < -0.4 is 0 Å². The Morgan fingerprint density at radius 2 is 1.95 bits per heavy atom. The van der Waals surface area contributed by atoms with Gasteiger partial charge in [0, 0.05) is 14.2 Å². The molecule has 2 saturated heterocycles. The van der Waals surface area contributed by atoms with Gasteiger partial charge in [0.1, 0.15) is 25.8 Å². The van der Waals surface area contributed by atoms with E-state index in [9.17, 15) is 9.90 Å². The lowest BCUT2D eigenvalue weighted by Crippen LogP contribution is -2.48. The minimum absolute atomic E-state index is 0.0571. The Balaban J connectivity index is 2.05. The number of piperidine rings is 1. The van der Waals surface area contributed by atoms with Crippen molar-refractivity contribution in [2.24, 2.45) is 0 Å². The summed E-state index contributed by atoms with van der Waals surface area (Å²) in [7, 11) is 3.08. The van der Waals surface area contributed by atoms with Crippen LogP contribution in [-0.4, -0.2) is 74.6 Å². The maximum Gasteiger partial charge on any atom is 0.225 e. The Morgan fingerprint density at radius 1 is 1.26 bits per heavy atom. The van der Waals surface area contributed by atoms with Gasteiger partial charge in [0.2, 0.25) is 5.91 Å². The highest BCUT2D eigenvalue weighted by atomic mass is 16.7. The monoisotopic (exact) mass is 275 g/mol. The smallest absolute Gasteiger partial charge is 0.225 e. The van der Waals surface area contributed by atoms with Gasteiger partial charge in [-0.15, -0.1) is 0 Å². The van der Waals surface area contributed by atoms with Gasteiger partial charge in [0.05, 0.1) is 25.1 Å². The highest BCUT2D eigenvalue weighted by Gasteiger charge is 2.48. The first-order valence-electron chi connectivity index (χ1n) is 6.36. The van der Waals surface area contributed by atoms with E-state index in [2.05, 4.69) is 0 Å². The molecule has 0 spiro atoms. The third-order valence-corrected chi connectivity index (χ3v) is 3.55. The number of nitrogens with zero attached hydrogens (tertiary/aromatic N) is 1. The molecule has 4 atom stereocenters. The van der Waals surface area contributed by atoms with Gasteiger partial charge >= 0.3 is 0 Å². The first-order chi connectivity index (χ1) is 9.17. The highest BCUT2D eigenvalue weighted by molar-refractivity contribution is 5.78. The summed E-state index contributed by atoms with van der Waals surface area (Å²) < 4.78 is 21.0. The largest absolute Gasteiger partial charge is 0.393 e. The van der Waals surface area contributed by atoms with Crippen LogP contribution in [0.5, 0.6) is 0 Å². The van der Waals surface area contributed by atoms with Crippen molar-refractivity contribution >= 4 is 5.91 Å². The fraction of sp³-hybridized carbons (Fsp3) is 0.917. The van der Waals surface area contributed by atoms with Crippen molar-refractivity contribution in [2.45, 2.75) is 37.2 Å². The molecule has 0 aromatic carbocycles. The van der Waals surface area contributed by atoms with Gasteiger partial charge in [-0.3, -0.25) is 4.79 Å². The predicted molar refractivity (Wildman–Crippen MR) is 64.2 cm³/mol. The lowest BCUT2D eigenvalue weighted by Gasteiger charge is -2.34. The van der Waals surface area contributed by atoms with Gasteiger partial charge in [-0.05, 0) is 6.42 Å². The summed E-state index contributed by atoms with van der Waals surface area (Å²) in [6, 6.07) is -0.159. The maximum absolute atomic E-state index is 11.9. The molecule has 19 heavy (non-hydrogen) atoms. The number of fused-ring (bicyclic) bond motifs is 1. The van der Waals surface area contributed by atoms with Crippen LogP contribution in [0.15, 0.2) is 0 Å². The molecule has 2 rings (SSSR count). The standard InChI is InChI=1S/C12H21NO6/c1-16-6-18-10-5-13-9(12(10)19-7-17-2)3-8(14)4-11(13)15/h8-10,12,14H,3-7H2,1-2H3/t8-,9-,10-,12-/m0/s1. The summed E-state index contributed by atoms with van der Waals surface area (Å²) >= 11 is 0. The third kappa shape index (κ3) is 3.24. The average Bonchev–Trinajstić information content (AvgIpc) is 2.72. The van der Waals surface area contributed by atoms with Crippen LogP contribution in [0.4, 0.5) is 0 Å². The number of aliphatic hydroxyl groups is 1. The topological polar surface area (TPSA) is 77.5 Å². The number of carbonyl (C=O) groups is 1. The van der Waals surface area contributed by atoms with Crippen molar-refractivity contribution in [1.29, 1.82) is 0 Å². The predicted octanol–water partition coefficient (Wildman–Crippen LogP) is -0.670. The number of hydrogen-bond donors (Lipinski definition) is 1. The second kappa shape index (κ2) is 6.62. The molecule has 7 nitrogen and oxygen atoms in total. The van der Waals surface area contributed by atoms with Crippen molar-refractivity contribution in [3.05, 3.63) is 0 Å². The molecule has 110 valence electrons. The number of hydrogen-bond acceptors (Lipinski definition) is 6. The zero-order valence-corrected chi connectivity index (χ0v) is 11.3. The number of ether oxygens (including phenoxy) is 4. The second-order valence-electron chi connectivity index (χ2n) is 4.86. The summed E-state index contributed by atoms with van der Waals surface area (Å²) in [4.78, 5) is 13.6. The minimum Gasteiger partial charge on any atom is -0.393 e. The maximum atomic E-state index is 11.9. The molecule has 2 fully saturated rings. The van der Waals surface area contributed by atoms with E-state index >= 15 is 0 Å². The molecule has 0 aliphatic carbocycles. The van der Waals surface area contributed by atoms with E-state index in [4.69, 9.17) is 18.9 Å². The van der Waals surface area contributed by atoms with Crippen LogP contribution >= 0.6 is 0 Å². The van der Waals surface area contributed by atoms with Crippen LogP contribution in [0.1, 0.15) is 12.8 Å². The molecule has 2 aliphatic heterocycles. The van der Waals surface area contributed by atoms with Gasteiger partial charge in [0.25, 0.3) is 0 Å². The number of rotatable bonds is 6. The minimum atomic E-state index is -0.608. The Bertz CT molecular complexity index is 313. The molecule has 0 aromatic heterocycles.